The molecule has 0 radical (unpaired) electrons. The van der Waals surface area contributed by atoms with E-state index in [9.17, 15) is 4.79 Å². The largest absolute Gasteiger partial charge is 0.381 e. The summed E-state index contributed by atoms with van der Waals surface area (Å²) in [6, 6.07) is 10.7. The zero-order chi connectivity index (χ0) is 15.5. The van der Waals surface area contributed by atoms with Gasteiger partial charge in [-0.05, 0) is 18.4 Å². The van der Waals surface area contributed by atoms with E-state index in [0.29, 0.717) is 25.6 Å². The van der Waals surface area contributed by atoms with Gasteiger partial charge in [0.2, 0.25) is 5.91 Å². The summed E-state index contributed by atoms with van der Waals surface area (Å²) < 4.78 is 5.60. The molecule has 0 saturated carbocycles. The number of nitrogens with one attached hydrogen (secondary N) is 2. The molecular weight excluding hydrogens is 332 g/mol. The van der Waals surface area contributed by atoms with Crippen molar-refractivity contribution >= 4 is 30.1 Å². The fraction of sp³-hybridized carbons (Fsp3) is 0.588. The number of halogens is 1. The normalized spacial score (nSPS) is 17.3. The first kappa shape index (κ1) is 20.3. The third-order valence-corrected chi connectivity index (χ3v) is 4.73. The van der Waals surface area contributed by atoms with Gasteiger partial charge >= 0.3 is 0 Å². The van der Waals surface area contributed by atoms with Crippen LogP contribution in [-0.4, -0.2) is 49.8 Å². The number of amides is 1. The van der Waals surface area contributed by atoms with E-state index in [-0.39, 0.29) is 18.3 Å². The van der Waals surface area contributed by atoms with E-state index in [4.69, 9.17) is 4.74 Å². The number of carbonyl (C=O) groups is 1. The molecule has 0 aromatic heterocycles. The molecule has 1 unspecified atom stereocenters. The highest BCUT2D eigenvalue weighted by Crippen LogP contribution is 2.09. The summed E-state index contributed by atoms with van der Waals surface area (Å²) in [4.78, 5) is 11.8. The van der Waals surface area contributed by atoms with Crippen LogP contribution in [0.1, 0.15) is 18.4 Å². The highest BCUT2D eigenvalue weighted by molar-refractivity contribution is 7.99. The molecule has 1 aromatic rings. The van der Waals surface area contributed by atoms with Crippen LogP contribution in [-0.2, 0) is 16.0 Å². The molecule has 4 nitrogen and oxygen atoms in total. The molecule has 1 amide bonds. The summed E-state index contributed by atoms with van der Waals surface area (Å²) in [6.07, 6.45) is 2.40. The van der Waals surface area contributed by atoms with Crippen LogP contribution < -0.4 is 10.6 Å². The minimum atomic E-state index is 0. The molecule has 1 heterocycles. The molecule has 0 spiro atoms. The summed E-state index contributed by atoms with van der Waals surface area (Å²) in [5.74, 6) is 2.33. The van der Waals surface area contributed by atoms with Crippen molar-refractivity contribution in [3.8, 4) is 0 Å². The summed E-state index contributed by atoms with van der Waals surface area (Å²) in [5, 5.41) is 6.35. The second kappa shape index (κ2) is 12.6. The number of thioether (sulfide) groups is 1. The Balaban J connectivity index is 0.00000264. The lowest BCUT2D eigenvalue weighted by Crippen LogP contribution is -2.41. The van der Waals surface area contributed by atoms with Gasteiger partial charge in [0.25, 0.3) is 0 Å². The predicted octanol–water partition coefficient (Wildman–Crippen LogP) is 2.27. The zero-order valence-corrected chi connectivity index (χ0v) is 15.1. The van der Waals surface area contributed by atoms with E-state index in [1.165, 1.54) is 5.56 Å². The second-order valence-corrected chi connectivity index (χ2v) is 6.63. The maximum Gasteiger partial charge on any atom is 0.221 e. The van der Waals surface area contributed by atoms with Crippen molar-refractivity contribution < 1.29 is 9.53 Å². The first-order valence-corrected chi connectivity index (χ1v) is 9.19. The number of hydrogen-bond donors (Lipinski definition) is 2. The van der Waals surface area contributed by atoms with Gasteiger partial charge in [-0.25, -0.2) is 0 Å². The topological polar surface area (TPSA) is 50.4 Å². The first-order valence-electron chi connectivity index (χ1n) is 8.04. The van der Waals surface area contributed by atoms with Gasteiger partial charge in [0.15, 0.2) is 0 Å². The summed E-state index contributed by atoms with van der Waals surface area (Å²) >= 11 is 1.92. The van der Waals surface area contributed by atoms with E-state index in [1.807, 2.05) is 30.0 Å². The summed E-state index contributed by atoms with van der Waals surface area (Å²) in [5.41, 5.74) is 1.30. The third-order valence-electron chi connectivity index (χ3n) is 3.60. The number of hydrogen-bond acceptors (Lipinski definition) is 4. The Labute approximate surface area is 149 Å². The van der Waals surface area contributed by atoms with Crippen LogP contribution in [0.5, 0.6) is 0 Å². The Morgan fingerprint density at radius 3 is 2.87 bits per heavy atom. The second-order valence-electron chi connectivity index (χ2n) is 5.48. The molecule has 2 rings (SSSR count). The highest BCUT2D eigenvalue weighted by atomic mass is 35.5. The molecule has 0 bridgehead atoms. The molecule has 1 aliphatic heterocycles. The smallest absolute Gasteiger partial charge is 0.221 e. The number of carbonyl (C=O) groups excluding carboxylic acids is 1. The Kier molecular flexibility index (Phi) is 11.2. The van der Waals surface area contributed by atoms with Gasteiger partial charge in [-0.2, -0.15) is 11.8 Å². The average Bonchev–Trinajstić information content (AvgIpc) is 2.56. The van der Waals surface area contributed by atoms with Gasteiger partial charge in [0.05, 0.1) is 6.61 Å². The minimum absolute atomic E-state index is 0. The van der Waals surface area contributed by atoms with Crippen molar-refractivity contribution in [3.63, 3.8) is 0 Å². The monoisotopic (exact) mass is 358 g/mol. The Hall–Kier alpha value is -0.750. The quantitative estimate of drug-likeness (QED) is 0.665. The highest BCUT2D eigenvalue weighted by Gasteiger charge is 2.16. The Morgan fingerprint density at radius 2 is 2.13 bits per heavy atom. The van der Waals surface area contributed by atoms with Crippen LogP contribution in [0.3, 0.4) is 0 Å². The molecule has 2 N–H and O–H groups in total. The van der Waals surface area contributed by atoms with Gasteiger partial charge in [-0.15, -0.1) is 12.4 Å². The SMILES string of the molecule is Cl.O=C(CC1CSCCN1)NCCCOCCc1ccccc1. The van der Waals surface area contributed by atoms with E-state index in [2.05, 4.69) is 22.8 Å². The maximum absolute atomic E-state index is 11.8. The predicted molar refractivity (Wildman–Crippen MR) is 99.6 cm³/mol. The van der Waals surface area contributed by atoms with Crippen LogP contribution in [0, 0.1) is 0 Å². The molecule has 130 valence electrons. The van der Waals surface area contributed by atoms with E-state index in [1.54, 1.807) is 0 Å². The number of ether oxygens (including phenoxy) is 1. The van der Waals surface area contributed by atoms with Crippen LogP contribution in [0.25, 0.3) is 0 Å². The van der Waals surface area contributed by atoms with Crippen molar-refractivity contribution in [2.45, 2.75) is 25.3 Å². The lowest BCUT2D eigenvalue weighted by atomic mass is 10.2. The number of rotatable bonds is 9. The van der Waals surface area contributed by atoms with E-state index < -0.39 is 0 Å². The molecule has 0 aliphatic carbocycles. The van der Waals surface area contributed by atoms with Crippen molar-refractivity contribution in [3.05, 3.63) is 35.9 Å². The molecule has 23 heavy (non-hydrogen) atoms. The van der Waals surface area contributed by atoms with Gasteiger partial charge < -0.3 is 15.4 Å². The van der Waals surface area contributed by atoms with Gasteiger partial charge in [0, 0.05) is 43.7 Å². The maximum atomic E-state index is 11.8. The lowest BCUT2D eigenvalue weighted by Gasteiger charge is -2.22. The van der Waals surface area contributed by atoms with Crippen molar-refractivity contribution in [1.29, 1.82) is 0 Å². The fourth-order valence-corrected chi connectivity index (χ4v) is 3.33. The third kappa shape index (κ3) is 9.20. The average molecular weight is 359 g/mol. The lowest BCUT2D eigenvalue weighted by molar-refractivity contribution is -0.121. The zero-order valence-electron chi connectivity index (χ0n) is 13.5. The van der Waals surface area contributed by atoms with E-state index in [0.717, 1.165) is 37.5 Å². The Bertz CT molecular complexity index is 428. The van der Waals surface area contributed by atoms with Gasteiger partial charge in [-0.3, -0.25) is 4.79 Å². The first-order chi connectivity index (χ1) is 10.8. The van der Waals surface area contributed by atoms with Crippen LogP contribution in [0.15, 0.2) is 30.3 Å². The standard InChI is InChI=1S/C17H26N2O2S.ClH/c20-17(13-16-14-22-12-9-18-16)19-8-4-10-21-11-7-15-5-2-1-3-6-15;/h1-3,5-6,16,18H,4,7-14H2,(H,19,20);1H. The fourth-order valence-electron chi connectivity index (χ4n) is 2.39. The molecule has 6 heteroatoms. The van der Waals surface area contributed by atoms with Crippen molar-refractivity contribution in [2.75, 3.05) is 37.8 Å². The molecule has 1 atom stereocenters. The molecular formula is C17H27ClN2O2S. The molecule has 1 aliphatic rings. The molecule has 1 aromatic carbocycles. The van der Waals surface area contributed by atoms with Gasteiger partial charge in [-0.1, -0.05) is 30.3 Å². The summed E-state index contributed by atoms with van der Waals surface area (Å²) in [7, 11) is 0. The van der Waals surface area contributed by atoms with Crippen LogP contribution >= 0.6 is 24.2 Å². The van der Waals surface area contributed by atoms with Crippen LogP contribution in [0.4, 0.5) is 0 Å². The Morgan fingerprint density at radius 1 is 1.30 bits per heavy atom. The van der Waals surface area contributed by atoms with Crippen molar-refractivity contribution in [1.82, 2.24) is 10.6 Å². The van der Waals surface area contributed by atoms with E-state index >= 15 is 0 Å². The molecule has 1 saturated heterocycles. The molecule has 1 fully saturated rings. The van der Waals surface area contributed by atoms with Gasteiger partial charge in [0.1, 0.15) is 0 Å². The number of benzene rings is 1. The summed E-state index contributed by atoms with van der Waals surface area (Å²) in [6.45, 7) is 3.15. The van der Waals surface area contributed by atoms with Crippen LogP contribution in [0.2, 0.25) is 0 Å². The van der Waals surface area contributed by atoms with Crippen molar-refractivity contribution in [2.24, 2.45) is 0 Å². The minimum Gasteiger partial charge on any atom is -0.381 e.